The Labute approximate surface area is 264 Å². The largest absolute Gasteiger partial charge is 0.456 e. The molecular weight excluding hydrogens is 577 g/mol. The highest BCUT2D eigenvalue weighted by Crippen LogP contribution is 2.56. The molecule has 9 rings (SSSR count). The van der Waals surface area contributed by atoms with E-state index in [2.05, 4.69) is 125 Å². The zero-order chi connectivity index (χ0) is 30.3. The highest BCUT2D eigenvalue weighted by Gasteiger charge is 2.40. The molecule has 5 heteroatoms. The number of benzene rings is 4. The Balaban J connectivity index is 1.35. The van der Waals surface area contributed by atoms with Crippen LogP contribution in [0.1, 0.15) is 51.3 Å². The number of rotatable bonds is 0. The van der Waals surface area contributed by atoms with Crippen LogP contribution in [-0.4, -0.2) is 7.05 Å². The molecule has 0 fully saturated rings. The molecule has 214 valence electrons. The van der Waals surface area contributed by atoms with E-state index in [1.807, 2.05) is 22.7 Å². The van der Waals surface area contributed by atoms with Crippen molar-refractivity contribution >= 4 is 59.7 Å². The second-order valence-corrected chi connectivity index (χ2v) is 15.4. The van der Waals surface area contributed by atoms with Crippen molar-refractivity contribution in [1.29, 1.82) is 5.26 Å². The molecule has 0 amide bonds. The first-order chi connectivity index (χ1) is 21.1. The highest BCUT2D eigenvalue weighted by molar-refractivity contribution is 7.23. The zero-order valence-corrected chi connectivity index (χ0v) is 27.2. The second-order valence-electron chi connectivity index (χ2n) is 13.3. The first kappa shape index (κ1) is 26.1. The smallest absolute Gasteiger partial charge is 0.138 e. The minimum atomic E-state index is -0.205. The lowest BCUT2D eigenvalue weighted by molar-refractivity contribution is 0.469. The summed E-state index contributed by atoms with van der Waals surface area (Å²) in [5, 5.41) is 15.4. The SMILES string of the molecule is CC1=c2cc3c(cc2-c2sc4ccccc4c2C1(C)C)=C(C#N)c1cc2c(cc1O3)N(C)C(C)(C)c1c-2sc2ccccc12. The van der Waals surface area contributed by atoms with Crippen LogP contribution in [0.25, 0.3) is 52.2 Å². The maximum Gasteiger partial charge on any atom is 0.138 e. The monoisotopic (exact) mass is 606 g/mol. The van der Waals surface area contributed by atoms with Crippen LogP contribution < -0.4 is 20.1 Å². The molecule has 4 aromatic carbocycles. The maximum atomic E-state index is 10.7. The van der Waals surface area contributed by atoms with E-state index in [4.69, 9.17) is 4.74 Å². The molecule has 2 aliphatic heterocycles. The minimum absolute atomic E-state index is 0.125. The summed E-state index contributed by atoms with van der Waals surface area (Å²) in [6.07, 6.45) is 0. The number of ether oxygens (including phenoxy) is 1. The van der Waals surface area contributed by atoms with Crippen molar-refractivity contribution in [1.82, 2.24) is 0 Å². The van der Waals surface area contributed by atoms with E-state index in [0.29, 0.717) is 5.57 Å². The van der Waals surface area contributed by atoms with E-state index in [9.17, 15) is 5.26 Å². The predicted molar refractivity (Wildman–Crippen MR) is 186 cm³/mol. The van der Waals surface area contributed by atoms with Gasteiger partial charge in [0, 0.05) is 70.8 Å². The zero-order valence-electron chi connectivity index (χ0n) is 25.5. The Morgan fingerprint density at radius 2 is 1.36 bits per heavy atom. The van der Waals surface area contributed by atoms with Crippen LogP contribution in [0.2, 0.25) is 0 Å². The fourth-order valence-corrected chi connectivity index (χ4v) is 10.5. The van der Waals surface area contributed by atoms with Crippen LogP contribution in [0.5, 0.6) is 11.5 Å². The Kier molecular flexibility index (Phi) is 4.98. The summed E-state index contributed by atoms with van der Waals surface area (Å²) < 4.78 is 9.35. The van der Waals surface area contributed by atoms with Gasteiger partial charge in [-0.2, -0.15) is 5.26 Å². The summed E-state index contributed by atoms with van der Waals surface area (Å²) in [5.74, 6) is 1.50. The normalized spacial score (nSPS) is 16.8. The summed E-state index contributed by atoms with van der Waals surface area (Å²) >= 11 is 3.70. The van der Waals surface area contributed by atoms with Gasteiger partial charge >= 0.3 is 0 Å². The number of anilines is 1. The first-order valence-electron chi connectivity index (χ1n) is 15.1. The van der Waals surface area contributed by atoms with Crippen LogP contribution in [0, 0.1) is 11.3 Å². The van der Waals surface area contributed by atoms with Gasteiger partial charge in [0.05, 0.1) is 11.1 Å². The fourth-order valence-electron chi connectivity index (χ4n) is 7.74. The van der Waals surface area contributed by atoms with Crippen molar-refractivity contribution < 1.29 is 4.74 Å². The van der Waals surface area contributed by atoms with Gasteiger partial charge in [0.1, 0.15) is 17.6 Å². The molecule has 0 N–H and O–H groups in total. The molecular formula is C39H30N2OS2. The van der Waals surface area contributed by atoms with Gasteiger partial charge in [0.2, 0.25) is 0 Å². The third-order valence-corrected chi connectivity index (χ3v) is 13.0. The number of nitrogens with zero attached hydrogens (tertiary/aromatic N) is 2. The average Bonchev–Trinajstić information content (AvgIpc) is 3.61. The van der Waals surface area contributed by atoms with Crippen LogP contribution >= 0.6 is 22.7 Å². The fraction of sp³-hybridized carbons (Fsp3) is 0.205. The van der Waals surface area contributed by atoms with Crippen LogP contribution in [0.3, 0.4) is 0 Å². The van der Waals surface area contributed by atoms with E-state index in [1.54, 1.807) is 0 Å². The van der Waals surface area contributed by atoms with Crippen molar-refractivity contribution in [3.05, 3.63) is 99.9 Å². The number of hydrogen-bond acceptors (Lipinski definition) is 5. The first-order valence-corrected chi connectivity index (χ1v) is 16.7. The van der Waals surface area contributed by atoms with Gasteiger partial charge in [0.15, 0.2) is 0 Å². The van der Waals surface area contributed by atoms with Gasteiger partial charge in [0.25, 0.3) is 0 Å². The average molecular weight is 607 g/mol. The summed E-state index contributed by atoms with van der Waals surface area (Å²) in [4.78, 5) is 4.95. The molecule has 0 spiro atoms. The molecule has 3 nitrogen and oxygen atoms in total. The van der Waals surface area contributed by atoms with Gasteiger partial charge in [-0.25, -0.2) is 0 Å². The molecule has 0 radical (unpaired) electrons. The Bertz CT molecular complexity index is 2470. The molecule has 3 aliphatic rings. The second kappa shape index (κ2) is 8.41. The minimum Gasteiger partial charge on any atom is -0.456 e. The maximum absolute atomic E-state index is 10.7. The van der Waals surface area contributed by atoms with E-state index in [-0.39, 0.29) is 11.0 Å². The lowest BCUT2D eigenvalue weighted by atomic mass is 9.71. The summed E-state index contributed by atoms with van der Waals surface area (Å²) in [5.41, 5.74) is 8.76. The van der Waals surface area contributed by atoms with Crippen molar-refractivity contribution in [3.63, 3.8) is 0 Å². The van der Waals surface area contributed by atoms with E-state index < -0.39 is 0 Å². The van der Waals surface area contributed by atoms with Crippen molar-refractivity contribution in [2.45, 2.75) is 45.6 Å². The molecule has 44 heavy (non-hydrogen) atoms. The van der Waals surface area contributed by atoms with Crippen molar-refractivity contribution in [2.75, 3.05) is 11.9 Å². The standard InChI is InChI=1S/C39H30N2OS2/c1-20-23-17-30-24(15-26(23)36-34(38(20,2)3)21-11-7-9-13-32(21)43-36)28(19-40)25-16-27-29(18-31(25)42-30)41(6)39(4,5)35-22-12-8-10-14-33(22)44-37(27)35/h7-18H,1-6H3. The lowest BCUT2D eigenvalue weighted by Crippen LogP contribution is -2.41. The molecule has 6 aromatic rings. The Hall–Kier alpha value is -4.37. The summed E-state index contributed by atoms with van der Waals surface area (Å²) in [7, 11) is 2.17. The van der Waals surface area contributed by atoms with Crippen LogP contribution in [0.4, 0.5) is 5.69 Å². The third kappa shape index (κ3) is 3.10. The van der Waals surface area contributed by atoms with Gasteiger partial charge < -0.3 is 9.64 Å². The molecule has 2 aromatic heterocycles. The van der Waals surface area contributed by atoms with E-state index in [0.717, 1.165) is 33.5 Å². The number of thiophene rings is 2. The number of fused-ring (bicyclic) bond motifs is 12. The molecule has 0 saturated heterocycles. The Morgan fingerprint density at radius 3 is 2.05 bits per heavy atom. The van der Waals surface area contributed by atoms with Gasteiger partial charge in [-0.15, -0.1) is 22.7 Å². The third-order valence-electron chi connectivity index (χ3n) is 10.5. The summed E-state index contributed by atoms with van der Waals surface area (Å²) in [6, 6.07) is 28.8. The molecule has 0 saturated carbocycles. The quantitative estimate of drug-likeness (QED) is 0.173. The number of nitriles is 1. The van der Waals surface area contributed by atoms with Gasteiger partial charge in [-0.1, -0.05) is 55.8 Å². The van der Waals surface area contributed by atoms with E-state index in [1.165, 1.54) is 57.4 Å². The van der Waals surface area contributed by atoms with Gasteiger partial charge in [-0.3, -0.25) is 0 Å². The van der Waals surface area contributed by atoms with E-state index >= 15 is 0 Å². The molecule has 0 bridgehead atoms. The topological polar surface area (TPSA) is 36.3 Å². The molecule has 0 atom stereocenters. The van der Waals surface area contributed by atoms with Crippen LogP contribution in [0.15, 0.2) is 72.8 Å². The van der Waals surface area contributed by atoms with Crippen LogP contribution in [-0.2, 0) is 11.0 Å². The predicted octanol–water partition coefficient (Wildman–Crippen LogP) is 9.42. The number of hydrogen-bond donors (Lipinski definition) is 0. The summed E-state index contributed by atoms with van der Waals surface area (Å²) in [6.45, 7) is 11.5. The lowest BCUT2D eigenvalue weighted by Gasteiger charge is -2.43. The molecule has 1 aliphatic carbocycles. The van der Waals surface area contributed by atoms with Crippen molar-refractivity contribution in [3.8, 4) is 38.4 Å². The van der Waals surface area contributed by atoms with Gasteiger partial charge in [-0.05, 0) is 72.7 Å². The molecule has 4 heterocycles. The molecule has 0 unspecified atom stereocenters. The Morgan fingerprint density at radius 1 is 0.727 bits per heavy atom. The highest BCUT2D eigenvalue weighted by atomic mass is 32.1. The van der Waals surface area contributed by atoms with Crippen molar-refractivity contribution in [2.24, 2.45) is 0 Å².